The van der Waals surface area contributed by atoms with Crippen molar-refractivity contribution in [3.05, 3.63) is 0 Å². The summed E-state index contributed by atoms with van der Waals surface area (Å²) in [4.78, 5) is 0. The van der Waals surface area contributed by atoms with Crippen molar-refractivity contribution in [1.82, 2.24) is 0 Å². The standard InChI is InChI=1S/C6H11F3O2/c1-2-3-5(10)11-4-6(7,8)9/h5,10H,2-4H2,1H3. The third kappa shape index (κ3) is 7.61. The number of halogens is 3. The molecule has 1 N–H and O–H groups in total. The molecule has 11 heavy (non-hydrogen) atoms. The Hall–Kier alpha value is -0.290. The van der Waals surface area contributed by atoms with Gasteiger partial charge in [0.1, 0.15) is 6.61 Å². The summed E-state index contributed by atoms with van der Waals surface area (Å²) in [5.41, 5.74) is 0. The van der Waals surface area contributed by atoms with Crippen molar-refractivity contribution in [3.63, 3.8) is 0 Å². The number of rotatable bonds is 4. The van der Waals surface area contributed by atoms with Gasteiger partial charge in [-0.1, -0.05) is 13.3 Å². The van der Waals surface area contributed by atoms with Crippen LogP contribution in [0.3, 0.4) is 0 Å². The summed E-state index contributed by atoms with van der Waals surface area (Å²) in [5.74, 6) is 0. The van der Waals surface area contributed by atoms with Crippen LogP contribution in [0.5, 0.6) is 0 Å². The van der Waals surface area contributed by atoms with Crippen LogP contribution in [0.15, 0.2) is 0 Å². The molecular formula is C6H11F3O2. The van der Waals surface area contributed by atoms with Gasteiger partial charge in [-0.25, -0.2) is 0 Å². The fraction of sp³-hybridized carbons (Fsp3) is 1.00. The van der Waals surface area contributed by atoms with E-state index in [1.807, 2.05) is 0 Å². The summed E-state index contributed by atoms with van der Waals surface area (Å²) < 4.78 is 38.3. The Morgan fingerprint density at radius 2 is 2.00 bits per heavy atom. The smallest absolute Gasteiger partial charge is 0.368 e. The molecule has 1 atom stereocenters. The van der Waals surface area contributed by atoms with Gasteiger partial charge in [-0.2, -0.15) is 13.2 Å². The molecular weight excluding hydrogens is 161 g/mol. The van der Waals surface area contributed by atoms with Crippen molar-refractivity contribution in [3.8, 4) is 0 Å². The first-order valence-electron chi connectivity index (χ1n) is 3.32. The number of alkyl halides is 3. The molecule has 0 fully saturated rings. The molecule has 1 unspecified atom stereocenters. The fourth-order valence-electron chi connectivity index (χ4n) is 0.521. The normalized spacial score (nSPS) is 15.0. The van der Waals surface area contributed by atoms with Crippen LogP contribution in [-0.4, -0.2) is 24.2 Å². The number of aliphatic hydroxyl groups is 1. The summed E-state index contributed by atoms with van der Waals surface area (Å²) in [7, 11) is 0. The second kappa shape index (κ2) is 4.56. The van der Waals surface area contributed by atoms with Crippen LogP contribution in [0.4, 0.5) is 13.2 Å². The monoisotopic (exact) mass is 172 g/mol. The number of hydrogen-bond acceptors (Lipinski definition) is 2. The molecule has 68 valence electrons. The van der Waals surface area contributed by atoms with Crippen LogP contribution in [0, 0.1) is 0 Å². The second-order valence-electron chi connectivity index (χ2n) is 2.17. The summed E-state index contributed by atoms with van der Waals surface area (Å²) in [6, 6.07) is 0. The Labute approximate surface area is 63.0 Å². The number of hydrogen-bond donors (Lipinski definition) is 1. The van der Waals surface area contributed by atoms with E-state index in [2.05, 4.69) is 4.74 Å². The van der Waals surface area contributed by atoms with Crippen molar-refractivity contribution in [2.75, 3.05) is 6.61 Å². The fourth-order valence-corrected chi connectivity index (χ4v) is 0.521. The third-order valence-corrected chi connectivity index (χ3v) is 0.975. The van der Waals surface area contributed by atoms with E-state index in [1.165, 1.54) is 0 Å². The van der Waals surface area contributed by atoms with E-state index in [0.717, 1.165) is 0 Å². The van der Waals surface area contributed by atoms with E-state index in [9.17, 15) is 13.2 Å². The molecule has 0 spiro atoms. The molecule has 0 radical (unpaired) electrons. The average Bonchev–Trinajstić information content (AvgIpc) is 1.83. The third-order valence-electron chi connectivity index (χ3n) is 0.975. The number of aliphatic hydroxyl groups excluding tert-OH is 1. The number of ether oxygens (including phenoxy) is 1. The minimum Gasteiger partial charge on any atom is -0.368 e. The van der Waals surface area contributed by atoms with E-state index < -0.39 is 19.1 Å². The van der Waals surface area contributed by atoms with E-state index in [4.69, 9.17) is 5.11 Å². The zero-order valence-electron chi connectivity index (χ0n) is 6.19. The van der Waals surface area contributed by atoms with Gasteiger partial charge in [0.15, 0.2) is 6.29 Å². The molecule has 0 amide bonds. The van der Waals surface area contributed by atoms with Crippen LogP contribution in [-0.2, 0) is 4.74 Å². The highest BCUT2D eigenvalue weighted by atomic mass is 19.4. The van der Waals surface area contributed by atoms with Crippen molar-refractivity contribution < 1.29 is 23.0 Å². The average molecular weight is 172 g/mol. The Bertz CT molecular complexity index is 102. The molecule has 0 aliphatic rings. The van der Waals surface area contributed by atoms with Gasteiger partial charge in [0.25, 0.3) is 0 Å². The molecule has 0 saturated carbocycles. The first-order chi connectivity index (χ1) is 4.95. The zero-order chi connectivity index (χ0) is 8.91. The molecule has 0 bridgehead atoms. The predicted molar refractivity (Wildman–Crippen MR) is 32.9 cm³/mol. The van der Waals surface area contributed by atoms with E-state index in [0.29, 0.717) is 6.42 Å². The maximum atomic E-state index is 11.4. The highest BCUT2D eigenvalue weighted by Gasteiger charge is 2.28. The Morgan fingerprint density at radius 1 is 1.45 bits per heavy atom. The van der Waals surface area contributed by atoms with Gasteiger partial charge in [0.05, 0.1) is 0 Å². The topological polar surface area (TPSA) is 29.5 Å². The van der Waals surface area contributed by atoms with E-state index >= 15 is 0 Å². The maximum Gasteiger partial charge on any atom is 0.411 e. The second-order valence-corrected chi connectivity index (χ2v) is 2.17. The maximum absolute atomic E-state index is 11.4. The van der Waals surface area contributed by atoms with Gasteiger partial charge >= 0.3 is 6.18 Å². The van der Waals surface area contributed by atoms with Gasteiger partial charge < -0.3 is 9.84 Å². The molecule has 0 rings (SSSR count). The lowest BCUT2D eigenvalue weighted by atomic mass is 10.3. The van der Waals surface area contributed by atoms with Crippen LogP contribution >= 0.6 is 0 Å². The molecule has 0 heterocycles. The summed E-state index contributed by atoms with van der Waals surface area (Å²) in [6.45, 7) is 0.369. The molecule has 0 aliphatic heterocycles. The summed E-state index contributed by atoms with van der Waals surface area (Å²) >= 11 is 0. The van der Waals surface area contributed by atoms with Crippen molar-refractivity contribution in [2.24, 2.45) is 0 Å². The quantitative estimate of drug-likeness (QED) is 0.654. The summed E-state index contributed by atoms with van der Waals surface area (Å²) in [6.07, 6.45) is -4.81. The van der Waals surface area contributed by atoms with Crippen LogP contribution in [0.2, 0.25) is 0 Å². The lowest BCUT2D eigenvalue weighted by Crippen LogP contribution is -2.22. The van der Waals surface area contributed by atoms with Crippen molar-refractivity contribution >= 4 is 0 Å². The van der Waals surface area contributed by atoms with E-state index in [1.54, 1.807) is 6.92 Å². The zero-order valence-corrected chi connectivity index (χ0v) is 6.19. The molecule has 5 heteroatoms. The van der Waals surface area contributed by atoms with Gasteiger partial charge in [-0.05, 0) is 6.42 Å². The van der Waals surface area contributed by atoms with Crippen molar-refractivity contribution in [2.45, 2.75) is 32.2 Å². The lowest BCUT2D eigenvalue weighted by molar-refractivity contribution is -0.217. The molecule has 0 aromatic rings. The van der Waals surface area contributed by atoms with Gasteiger partial charge in [-0.3, -0.25) is 0 Å². The van der Waals surface area contributed by atoms with Crippen molar-refractivity contribution in [1.29, 1.82) is 0 Å². The first kappa shape index (κ1) is 10.7. The lowest BCUT2D eigenvalue weighted by Gasteiger charge is -2.12. The first-order valence-corrected chi connectivity index (χ1v) is 3.32. The van der Waals surface area contributed by atoms with Crippen LogP contribution in [0.25, 0.3) is 0 Å². The Balaban J connectivity index is 3.38. The van der Waals surface area contributed by atoms with Crippen LogP contribution in [0.1, 0.15) is 19.8 Å². The van der Waals surface area contributed by atoms with Gasteiger partial charge in [-0.15, -0.1) is 0 Å². The molecule has 2 nitrogen and oxygen atoms in total. The highest BCUT2D eigenvalue weighted by molar-refractivity contribution is 4.47. The summed E-state index contributed by atoms with van der Waals surface area (Å²) in [5, 5.41) is 8.69. The predicted octanol–water partition coefficient (Wildman–Crippen LogP) is 1.68. The van der Waals surface area contributed by atoms with Gasteiger partial charge in [0, 0.05) is 0 Å². The SMILES string of the molecule is CCCC(O)OCC(F)(F)F. The minimum atomic E-state index is -4.35. The highest BCUT2D eigenvalue weighted by Crippen LogP contribution is 2.15. The molecule has 0 aromatic heterocycles. The molecule has 0 saturated heterocycles. The van der Waals surface area contributed by atoms with E-state index in [-0.39, 0.29) is 6.42 Å². The van der Waals surface area contributed by atoms with Gasteiger partial charge in [0.2, 0.25) is 0 Å². The largest absolute Gasteiger partial charge is 0.411 e. The Morgan fingerprint density at radius 3 is 2.36 bits per heavy atom. The van der Waals surface area contributed by atoms with Crippen LogP contribution < -0.4 is 0 Å². The molecule has 0 aromatic carbocycles. The Kier molecular flexibility index (Phi) is 4.44. The minimum absolute atomic E-state index is 0.232. The molecule has 0 aliphatic carbocycles.